The molecule has 0 radical (unpaired) electrons. The van der Waals surface area contributed by atoms with E-state index < -0.39 is 22.3 Å². The first-order chi connectivity index (χ1) is 5.56. The summed E-state index contributed by atoms with van der Waals surface area (Å²) in [7, 11) is -1.11. The van der Waals surface area contributed by atoms with Gasteiger partial charge in [0.05, 0.1) is 0 Å². The van der Waals surface area contributed by atoms with Gasteiger partial charge in [-0.25, -0.2) is 0 Å². The Bertz CT molecular complexity index is 167. The summed E-state index contributed by atoms with van der Waals surface area (Å²) < 4.78 is 0. The smallest absolute Gasteiger partial charge is 0.0384 e. The minimum atomic E-state index is -0.853. The Morgan fingerprint density at radius 3 is 1.46 bits per heavy atom. The molecule has 4 heteroatoms. The average Bonchev–Trinajstić information content (AvgIpc) is 1.84. The zero-order valence-electron chi connectivity index (χ0n) is 10.9. The van der Waals surface area contributed by atoms with E-state index in [-0.39, 0.29) is 0 Å². The standard InChI is InChI=1S/C9H28Si4/c1-11(2,3)13(6,7)12(4,5)9-8-10/h8-9H2,1-7,10H3. The Hall–Kier alpha value is 0.868. The Labute approximate surface area is 90.5 Å². The van der Waals surface area contributed by atoms with Crippen LogP contribution in [-0.2, 0) is 0 Å². The lowest BCUT2D eigenvalue weighted by molar-refractivity contribution is 1.37. The maximum absolute atomic E-state index is 2.68. The first kappa shape index (κ1) is 13.9. The van der Waals surface area contributed by atoms with Gasteiger partial charge in [0.15, 0.2) is 0 Å². The van der Waals surface area contributed by atoms with Gasteiger partial charge in [-0.05, 0) is 0 Å². The third-order valence-electron chi connectivity index (χ3n) is 4.44. The van der Waals surface area contributed by atoms with Gasteiger partial charge in [-0.2, -0.15) is 0 Å². The minimum absolute atomic E-state index is 0.831. The quantitative estimate of drug-likeness (QED) is 0.671. The normalized spacial score (nSPS) is 15.0. The van der Waals surface area contributed by atoms with Crippen molar-refractivity contribution in [3.05, 3.63) is 0 Å². The molecule has 80 valence electrons. The van der Waals surface area contributed by atoms with E-state index in [4.69, 9.17) is 0 Å². The van der Waals surface area contributed by atoms with E-state index in [1.807, 2.05) is 0 Å². The lowest BCUT2D eigenvalue weighted by Gasteiger charge is -2.47. The molecule has 0 spiro atoms. The Morgan fingerprint density at radius 1 is 0.846 bits per heavy atom. The lowest BCUT2D eigenvalue weighted by atomic mass is 10.9. The molecule has 0 aliphatic heterocycles. The van der Waals surface area contributed by atoms with Gasteiger partial charge in [-0.1, -0.05) is 57.9 Å². The summed E-state index contributed by atoms with van der Waals surface area (Å²) in [6.45, 7) is 18.5. The van der Waals surface area contributed by atoms with Crippen LogP contribution in [0.2, 0.25) is 57.9 Å². The molecule has 0 saturated heterocycles. The van der Waals surface area contributed by atoms with E-state index in [0.29, 0.717) is 0 Å². The maximum atomic E-state index is 2.68. The zero-order valence-corrected chi connectivity index (χ0v) is 15.9. The van der Waals surface area contributed by atoms with Gasteiger partial charge in [0.25, 0.3) is 0 Å². The van der Waals surface area contributed by atoms with E-state index in [2.05, 4.69) is 45.8 Å². The van der Waals surface area contributed by atoms with Crippen LogP contribution in [-0.4, -0.2) is 32.5 Å². The van der Waals surface area contributed by atoms with Gasteiger partial charge >= 0.3 is 0 Å². The summed E-state index contributed by atoms with van der Waals surface area (Å²) in [6, 6.07) is 3.16. The van der Waals surface area contributed by atoms with Crippen LogP contribution in [0.1, 0.15) is 0 Å². The van der Waals surface area contributed by atoms with Crippen LogP contribution in [0.4, 0.5) is 0 Å². The van der Waals surface area contributed by atoms with Gasteiger partial charge in [0.2, 0.25) is 0 Å². The van der Waals surface area contributed by atoms with Gasteiger partial charge < -0.3 is 0 Å². The molecule has 0 fully saturated rings. The van der Waals surface area contributed by atoms with Crippen LogP contribution in [0.15, 0.2) is 0 Å². The Balaban J connectivity index is 4.81. The van der Waals surface area contributed by atoms with Crippen LogP contribution in [0, 0.1) is 0 Å². The molecule has 0 unspecified atom stereocenters. The van der Waals surface area contributed by atoms with Crippen molar-refractivity contribution in [2.24, 2.45) is 0 Å². The van der Waals surface area contributed by atoms with Crippen molar-refractivity contribution < 1.29 is 0 Å². The van der Waals surface area contributed by atoms with Crippen molar-refractivity contribution in [1.82, 2.24) is 0 Å². The fourth-order valence-electron chi connectivity index (χ4n) is 1.95. The van der Waals surface area contributed by atoms with Gasteiger partial charge in [0, 0.05) is 32.5 Å². The van der Waals surface area contributed by atoms with E-state index in [1.165, 1.54) is 10.2 Å². The summed E-state index contributed by atoms with van der Waals surface area (Å²) >= 11 is 0. The maximum Gasteiger partial charge on any atom is 0.0384 e. The van der Waals surface area contributed by atoms with Crippen molar-refractivity contribution >= 4 is 32.5 Å². The van der Waals surface area contributed by atoms with Crippen molar-refractivity contribution in [2.75, 3.05) is 0 Å². The van der Waals surface area contributed by atoms with Gasteiger partial charge in [0.1, 0.15) is 0 Å². The molecule has 0 nitrogen and oxygen atoms in total. The first-order valence-corrected chi connectivity index (χ1v) is 18.7. The molecule has 0 aromatic carbocycles. The SMILES string of the molecule is C[Si](C)(C)[Si](C)(C)[Si](C)(C)CC[SiH3]. The van der Waals surface area contributed by atoms with Gasteiger partial charge in [-0.3, -0.25) is 0 Å². The highest BCUT2D eigenvalue weighted by Crippen LogP contribution is 2.31. The highest BCUT2D eigenvalue weighted by Gasteiger charge is 2.48. The van der Waals surface area contributed by atoms with Crippen LogP contribution in [0.3, 0.4) is 0 Å². The van der Waals surface area contributed by atoms with Crippen molar-refractivity contribution in [1.29, 1.82) is 0 Å². The molecule has 0 bridgehead atoms. The molecular weight excluding hydrogens is 220 g/mol. The number of hydrogen-bond donors (Lipinski definition) is 0. The lowest BCUT2D eigenvalue weighted by Crippen LogP contribution is -2.68. The first-order valence-electron chi connectivity index (χ1n) is 5.56. The van der Waals surface area contributed by atoms with Crippen LogP contribution in [0.5, 0.6) is 0 Å². The predicted octanol–water partition coefficient (Wildman–Crippen LogP) is 2.68. The molecule has 0 N–H and O–H groups in total. The molecule has 0 aromatic heterocycles. The van der Waals surface area contributed by atoms with E-state index >= 15 is 0 Å². The van der Waals surface area contributed by atoms with Crippen LogP contribution in [0.25, 0.3) is 0 Å². The van der Waals surface area contributed by atoms with Crippen molar-refractivity contribution in [3.63, 3.8) is 0 Å². The average molecular weight is 249 g/mol. The van der Waals surface area contributed by atoms with Crippen molar-refractivity contribution in [2.45, 2.75) is 57.9 Å². The monoisotopic (exact) mass is 248 g/mol. The second-order valence-electron chi connectivity index (χ2n) is 6.51. The van der Waals surface area contributed by atoms with E-state index in [1.54, 1.807) is 12.1 Å². The number of rotatable bonds is 4. The highest BCUT2D eigenvalue weighted by molar-refractivity contribution is 7.68. The molecule has 0 heterocycles. The van der Waals surface area contributed by atoms with E-state index in [0.717, 1.165) is 0 Å². The summed E-state index contributed by atoms with van der Waals surface area (Å²) in [6.07, 6.45) is 0. The van der Waals surface area contributed by atoms with Crippen LogP contribution < -0.4 is 0 Å². The zero-order chi connectivity index (χ0) is 10.9. The molecular formula is C9H28Si4. The predicted molar refractivity (Wildman–Crippen MR) is 77.9 cm³/mol. The van der Waals surface area contributed by atoms with Crippen molar-refractivity contribution in [3.8, 4) is 0 Å². The topological polar surface area (TPSA) is 0 Å². The molecule has 0 aliphatic rings. The molecule has 0 rings (SSSR count). The molecule has 0 aliphatic carbocycles. The summed E-state index contributed by atoms with van der Waals surface area (Å²) in [5.41, 5.74) is 0. The number of hydrogen-bond acceptors (Lipinski definition) is 0. The summed E-state index contributed by atoms with van der Waals surface area (Å²) in [4.78, 5) is 0. The Kier molecular flexibility index (Phi) is 4.44. The molecule has 0 aromatic rings. The van der Waals surface area contributed by atoms with Crippen LogP contribution >= 0.6 is 0 Å². The third-order valence-corrected chi connectivity index (χ3v) is 49.8. The highest BCUT2D eigenvalue weighted by atomic mass is 29.6. The third kappa shape index (κ3) is 2.91. The Morgan fingerprint density at radius 2 is 1.23 bits per heavy atom. The largest absolute Gasteiger partial charge is 0.0731 e. The molecule has 0 amide bonds. The van der Waals surface area contributed by atoms with Gasteiger partial charge in [-0.15, -0.1) is 0 Å². The molecule has 13 heavy (non-hydrogen) atoms. The minimum Gasteiger partial charge on any atom is -0.0731 e. The molecule has 0 atom stereocenters. The molecule has 0 saturated carbocycles. The summed E-state index contributed by atoms with van der Waals surface area (Å²) in [5, 5.41) is 0. The summed E-state index contributed by atoms with van der Waals surface area (Å²) in [5.74, 6) is 0. The second-order valence-corrected chi connectivity index (χ2v) is 37.1. The van der Waals surface area contributed by atoms with E-state index in [9.17, 15) is 0 Å². The fraction of sp³-hybridized carbons (Fsp3) is 1.00. The second kappa shape index (κ2) is 4.16. The fourth-order valence-corrected chi connectivity index (χ4v) is 39.2.